The molecule has 0 bridgehead atoms. The molecular weight excluding hydrogens is 314 g/mol. The molecule has 0 unspecified atom stereocenters. The highest BCUT2D eigenvalue weighted by Gasteiger charge is 2.07. The molecule has 0 aliphatic carbocycles. The van der Waals surface area contributed by atoms with E-state index in [0.717, 1.165) is 28.2 Å². The average molecular weight is 331 g/mol. The molecule has 1 N–H and O–H groups in total. The van der Waals surface area contributed by atoms with Gasteiger partial charge in [-0.1, -0.05) is 30.3 Å². The number of hydrogen-bond donors (Lipinski definition) is 1. The van der Waals surface area contributed by atoms with Crippen molar-refractivity contribution in [2.45, 2.75) is 6.54 Å². The normalized spacial score (nSPS) is 10.8. The van der Waals surface area contributed by atoms with E-state index in [0.29, 0.717) is 12.5 Å². The molecule has 6 heteroatoms. The maximum absolute atomic E-state index is 5.37. The number of methoxy groups -OCH3 is 1. The van der Waals surface area contributed by atoms with E-state index < -0.39 is 0 Å². The van der Waals surface area contributed by atoms with Crippen LogP contribution in [-0.4, -0.2) is 26.6 Å². The minimum atomic E-state index is 0.557. The van der Waals surface area contributed by atoms with Crippen molar-refractivity contribution >= 4 is 17.0 Å². The lowest BCUT2D eigenvalue weighted by Gasteiger charge is -2.10. The Morgan fingerprint density at radius 1 is 1.00 bits per heavy atom. The van der Waals surface area contributed by atoms with E-state index in [-0.39, 0.29) is 0 Å². The summed E-state index contributed by atoms with van der Waals surface area (Å²) in [5, 5.41) is 3.25. The van der Waals surface area contributed by atoms with Gasteiger partial charge in [0.2, 0.25) is 5.95 Å². The summed E-state index contributed by atoms with van der Waals surface area (Å²) in [5.41, 5.74) is 2.99. The average Bonchev–Trinajstić information content (AvgIpc) is 3.11. The van der Waals surface area contributed by atoms with Crippen molar-refractivity contribution < 1.29 is 4.74 Å². The molecule has 6 nitrogen and oxygen atoms in total. The van der Waals surface area contributed by atoms with E-state index in [9.17, 15) is 0 Å². The molecule has 0 aliphatic rings. The summed E-state index contributed by atoms with van der Waals surface area (Å²) in [6, 6.07) is 17.7. The lowest BCUT2D eigenvalue weighted by atomic mass is 10.2. The third-order valence-corrected chi connectivity index (χ3v) is 3.97. The van der Waals surface area contributed by atoms with Gasteiger partial charge in [-0.25, -0.2) is 9.97 Å². The molecule has 0 spiro atoms. The van der Waals surface area contributed by atoms with Crippen LogP contribution in [0.25, 0.3) is 16.9 Å². The second-order valence-corrected chi connectivity index (χ2v) is 5.51. The first kappa shape index (κ1) is 15.1. The standard InChI is InChI=1S/C19H17N5O/c1-25-17-9-5-2-6-14(17)12-21-19-20-11-10-18(23-19)24-13-22-15-7-3-4-8-16(15)24/h2-11,13H,12H2,1H3,(H,20,21,23). The Bertz CT molecular complexity index is 1010. The predicted octanol–water partition coefficient (Wildman–Crippen LogP) is 3.44. The fourth-order valence-electron chi connectivity index (χ4n) is 2.73. The van der Waals surface area contributed by atoms with E-state index in [4.69, 9.17) is 4.74 Å². The smallest absolute Gasteiger partial charge is 0.224 e. The van der Waals surface area contributed by atoms with E-state index in [2.05, 4.69) is 20.3 Å². The fraction of sp³-hybridized carbons (Fsp3) is 0.105. The van der Waals surface area contributed by atoms with Crippen LogP contribution in [0.15, 0.2) is 67.1 Å². The van der Waals surface area contributed by atoms with Crippen LogP contribution >= 0.6 is 0 Å². The molecule has 0 radical (unpaired) electrons. The molecule has 0 saturated carbocycles. The van der Waals surface area contributed by atoms with Crippen molar-refractivity contribution in [1.29, 1.82) is 0 Å². The van der Waals surface area contributed by atoms with Gasteiger partial charge in [-0.3, -0.25) is 4.57 Å². The van der Waals surface area contributed by atoms with Gasteiger partial charge in [0, 0.05) is 18.3 Å². The number of nitrogens with one attached hydrogen (secondary N) is 1. The Labute approximate surface area is 145 Å². The molecule has 0 saturated heterocycles. The molecule has 2 aromatic carbocycles. The van der Waals surface area contributed by atoms with Gasteiger partial charge >= 0.3 is 0 Å². The highest BCUT2D eigenvalue weighted by atomic mass is 16.5. The number of aromatic nitrogens is 4. The zero-order chi connectivity index (χ0) is 17.1. The SMILES string of the molecule is COc1ccccc1CNc1nccc(-n2cnc3ccccc32)n1. The molecule has 0 amide bonds. The van der Waals surface area contributed by atoms with Gasteiger partial charge in [-0.05, 0) is 24.3 Å². The van der Waals surface area contributed by atoms with Gasteiger partial charge in [0.05, 0.1) is 18.1 Å². The molecule has 0 atom stereocenters. The number of fused-ring (bicyclic) bond motifs is 1. The van der Waals surface area contributed by atoms with Gasteiger partial charge in [0.1, 0.15) is 17.9 Å². The number of nitrogens with zero attached hydrogens (tertiary/aromatic N) is 4. The summed E-state index contributed by atoms with van der Waals surface area (Å²) in [6.07, 6.45) is 3.51. The monoisotopic (exact) mass is 331 g/mol. The third kappa shape index (κ3) is 3.01. The second-order valence-electron chi connectivity index (χ2n) is 5.51. The zero-order valence-corrected chi connectivity index (χ0v) is 13.8. The maximum atomic E-state index is 5.37. The van der Waals surface area contributed by atoms with Crippen molar-refractivity contribution in [1.82, 2.24) is 19.5 Å². The lowest BCUT2D eigenvalue weighted by Crippen LogP contribution is -2.06. The van der Waals surface area contributed by atoms with Crippen molar-refractivity contribution in [3.8, 4) is 11.6 Å². The second kappa shape index (κ2) is 6.60. The Morgan fingerprint density at radius 2 is 1.84 bits per heavy atom. The molecule has 0 fully saturated rings. The van der Waals surface area contributed by atoms with Crippen LogP contribution in [0.5, 0.6) is 5.75 Å². The number of para-hydroxylation sites is 3. The lowest BCUT2D eigenvalue weighted by molar-refractivity contribution is 0.410. The minimum Gasteiger partial charge on any atom is -0.496 e. The summed E-state index contributed by atoms with van der Waals surface area (Å²) >= 11 is 0. The first-order chi connectivity index (χ1) is 12.3. The quantitative estimate of drug-likeness (QED) is 0.607. The molecular formula is C19H17N5O. The first-order valence-corrected chi connectivity index (χ1v) is 7.96. The van der Waals surface area contributed by atoms with Crippen LogP contribution in [0.1, 0.15) is 5.56 Å². The number of imidazole rings is 1. The summed E-state index contributed by atoms with van der Waals surface area (Å²) in [6.45, 7) is 0.581. The first-order valence-electron chi connectivity index (χ1n) is 7.96. The molecule has 25 heavy (non-hydrogen) atoms. The summed E-state index contributed by atoms with van der Waals surface area (Å²) in [4.78, 5) is 13.3. The van der Waals surface area contributed by atoms with Crippen LogP contribution in [0.4, 0.5) is 5.95 Å². The minimum absolute atomic E-state index is 0.557. The van der Waals surface area contributed by atoms with E-state index >= 15 is 0 Å². The summed E-state index contributed by atoms with van der Waals surface area (Å²) in [5.74, 6) is 2.17. The summed E-state index contributed by atoms with van der Waals surface area (Å²) < 4.78 is 7.32. The van der Waals surface area contributed by atoms with E-state index in [1.807, 2.05) is 59.2 Å². The van der Waals surface area contributed by atoms with Gasteiger partial charge in [0.25, 0.3) is 0 Å². The van der Waals surface area contributed by atoms with Gasteiger partial charge in [-0.15, -0.1) is 0 Å². The van der Waals surface area contributed by atoms with Gasteiger partial charge in [0.15, 0.2) is 0 Å². The Balaban J connectivity index is 1.59. The topological polar surface area (TPSA) is 64.9 Å². The third-order valence-electron chi connectivity index (χ3n) is 3.97. The van der Waals surface area contributed by atoms with Crippen molar-refractivity contribution in [2.24, 2.45) is 0 Å². The Kier molecular flexibility index (Phi) is 4.00. The Morgan fingerprint density at radius 3 is 2.76 bits per heavy atom. The van der Waals surface area contributed by atoms with E-state index in [1.165, 1.54) is 0 Å². The van der Waals surface area contributed by atoms with Crippen molar-refractivity contribution in [2.75, 3.05) is 12.4 Å². The number of benzene rings is 2. The van der Waals surface area contributed by atoms with Crippen LogP contribution in [-0.2, 0) is 6.54 Å². The largest absolute Gasteiger partial charge is 0.496 e. The fourth-order valence-corrected chi connectivity index (χ4v) is 2.73. The summed E-state index contributed by atoms with van der Waals surface area (Å²) in [7, 11) is 1.67. The van der Waals surface area contributed by atoms with Crippen molar-refractivity contribution in [3.05, 3.63) is 72.7 Å². The number of hydrogen-bond acceptors (Lipinski definition) is 5. The number of rotatable bonds is 5. The molecule has 2 aromatic heterocycles. The van der Waals surface area contributed by atoms with Crippen molar-refractivity contribution in [3.63, 3.8) is 0 Å². The molecule has 2 heterocycles. The maximum Gasteiger partial charge on any atom is 0.224 e. The highest BCUT2D eigenvalue weighted by Crippen LogP contribution is 2.19. The predicted molar refractivity (Wildman–Crippen MR) is 97.0 cm³/mol. The zero-order valence-electron chi connectivity index (χ0n) is 13.8. The molecule has 4 aromatic rings. The molecule has 124 valence electrons. The van der Waals surface area contributed by atoms with Gasteiger partial charge in [-0.2, -0.15) is 4.98 Å². The Hall–Kier alpha value is -3.41. The number of anilines is 1. The molecule has 4 rings (SSSR count). The molecule has 0 aliphatic heterocycles. The number of ether oxygens (including phenoxy) is 1. The highest BCUT2D eigenvalue weighted by molar-refractivity contribution is 5.76. The van der Waals surface area contributed by atoms with E-state index in [1.54, 1.807) is 19.6 Å². The van der Waals surface area contributed by atoms with Gasteiger partial charge < -0.3 is 10.1 Å². The van der Waals surface area contributed by atoms with Crippen LogP contribution in [0.3, 0.4) is 0 Å². The van der Waals surface area contributed by atoms with Crippen LogP contribution in [0, 0.1) is 0 Å². The van der Waals surface area contributed by atoms with Crippen LogP contribution < -0.4 is 10.1 Å². The van der Waals surface area contributed by atoms with Crippen LogP contribution in [0.2, 0.25) is 0 Å².